The van der Waals surface area contributed by atoms with Crippen LogP contribution in [0.3, 0.4) is 0 Å². The molecule has 0 fully saturated rings. The molecule has 176 valence electrons. The van der Waals surface area contributed by atoms with Gasteiger partial charge in [-0.05, 0) is 62.2 Å². The van der Waals surface area contributed by atoms with Crippen molar-refractivity contribution in [1.82, 2.24) is 14.5 Å². The number of aromatic nitrogens is 3. The highest BCUT2D eigenvalue weighted by atomic mass is 16.1. The van der Waals surface area contributed by atoms with E-state index < -0.39 is 5.41 Å². The monoisotopic (exact) mass is 472 g/mol. The van der Waals surface area contributed by atoms with E-state index in [1.165, 1.54) is 12.1 Å². The van der Waals surface area contributed by atoms with Crippen LogP contribution in [0.25, 0.3) is 22.6 Å². The van der Waals surface area contributed by atoms with Crippen LogP contribution in [0.15, 0.2) is 84.7 Å². The zero-order valence-electron chi connectivity index (χ0n) is 20.3. The first-order valence-corrected chi connectivity index (χ1v) is 11.3. The van der Waals surface area contributed by atoms with Gasteiger partial charge in [0.25, 0.3) is 0 Å². The molecule has 0 spiro atoms. The number of pyridine rings is 3. The van der Waals surface area contributed by atoms with Crippen LogP contribution in [0.5, 0.6) is 0 Å². The van der Waals surface area contributed by atoms with E-state index in [2.05, 4.69) is 34.0 Å². The highest BCUT2D eigenvalue weighted by Crippen LogP contribution is 2.30. The van der Waals surface area contributed by atoms with Crippen LogP contribution in [-0.4, -0.2) is 14.5 Å². The van der Waals surface area contributed by atoms with Gasteiger partial charge in [0.05, 0.1) is 22.7 Å². The minimum atomic E-state index is -0.708. The minimum absolute atomic E-state index is 0.111. The van der Waals surface area contributed by atoms with Crippen molar-refractivity contribution in [3.05, 3.63) is 113 Å². The molecule has 7 heteroatoms. The average Bonchev–Trinajstić information content (AvgIpc) is 2.90. The normalized spacial score (nSPS) is 10.8. The van der Waals surface area contributed by atoms with Crippen LogP contribution >= 0.6 is 0 Å². The molecule has 0 atom stereocenters. The molecule has 1 aromatic carbocycles. The van der Waals surface area contributed by atoms with E-state index in [0.29, 0.717) is 22.8 Å². The molecule has 0 unspecified atom stereocenters. The predicted octanol–water partition coefficient (Wildman–Crippen LogP) is 5.36. The zero-order valence-corrected chi connectivity index (χ0v) is 20.3. The molecule has 0 aliphatic heterocycles. The van der Waals surface area contributed by atoms with Crippen molar-refractivity contribution in [2.75, 3.05) is 5.32 Å². The first kappa shape index (κ1) is 24.1. The van der Waals surface area contributed by atoms with Gasteiger partial charge in [0.1, 0.15) is 6.07 Å². The van der Waals surface area contributed by atoms with Crippen molar-refractivity contribution in [3.8, 4) is 29.1 Å². The zero-order chi connectivity index (χ0) is 25.9. The first-order chi connectivity index (χ1) is 17.2. The maximum Gasteiger partial charge on any atom is 0.181 e. The Morgan fingerprint density at radius 1 is 1.06 bits per heavy atom. The Bertz CT molecular complexity index is 1600. The van der Waals surface area contributed by atoms with Crippen LogP contribution in [0, 0.1) is 29.6 Å². The summed E-state index contributed by atoms with van der Waals surface area (Å²) in [4.78, 5) is 20.3. The van der Waals surface area contributed by atoms with Gasteiger partial charge in [-0.25, -0.2) is 4.98 Å². The maximum atomic E-state index is 11.4. The number of nitrogens with one attached hydrogen (secondary N) is 1. The lowest BCUT2D eigenvalue weighted by Crippen LogP contribution is -2.16. The van der Waals surface area contributed by atoms with Crippen molar-refractivity contribution in [3.63, 3.8) is 0 Å². The summed E-state index contributed by atoms with van der Waals surface area (Å²) < 4.78 is 1.65. The van der Waals surface area contributed by atoms with Gasteiger partial charge in [-0.15, -0.1) is 0 Å². The molecule has 0 aliphatic rings. The van der Waals surface area contributed by atoms with Gasteiger partial charge in [-0.3, -0.25) is 9.78 Å². The third-order valence-corrected chi connectivity index (χ3v) is 5.90. The summed E-state index contributed by atoms with van der Waals surface area (Å²) in [5.41, 5.74) is 5.32. The van der Waals surface area contributed by atoms with E-state index >= 15 is 0 Å². The molecular weight excluding hydrogens is 448 g/mol. The van der Waals surface area contributed by atoms with Gasteiger partial charge >= 0.3 is 0 Å². The molecular formula is C29H24N6O. The third kappa shape index (κ3) is 4.91. The smallest absolute Gasteiger partial charge is 0.181 e. The number of hydrogen-bond acceptors (Lipinski definition) is 6. The molecule has 3 heterocycles. The highest BCUT2D eigenvalue weighted by Gasteiger charge is 2.22. The Hall–Kier alpha value is -5.01. The predicted molar refractivity (Wildman–Crippen MR) is 140 cm³/mol. The fourth-order valence-electron chi connectivity index (χ4n) is 3.72. The molecule has 0 amide bonds. The minimum Gasteiger partial charge on any atom is -0.356 e. The Labute approximate surface area is 209 Å². The number of nitriles is 2. The van der Waals surface area contributed by atoms with Crippen molar-refractivity contribution in [2.45, 2.75) is 26.2 Å². The third-order valence-electron chi connectivity index (χ3n) is 5.90. The van der Waals surface area contributed by atoms with Crippen LogP contribution < -0.4 is 10.7 Å². The highest BCUT2D eigenvalue weighted by molar-refractivity contribution is 5.79. The summed E-state index contributed by atoms with van der Waals surface area (Å²) in [5.74, 6) is 0.454. The van der Waals surface area contributed by atoms with Crippen LogP contribution in [0.1, 0.15) is 36.2 Å². The summed E-state index contributed by atoms with van der Waals surface area (Å²) in [6, 6.07) is 18.8. The first-order valence-electron chi connectivity index (χ1n) is 11.3. The van der Waals surface area contributed by atoms with Gasteiger partial charge in [-0.2, -0.15) is 10.5 Å². The Morgan fingerprint density at radius 2 is 1.81 bits per heavy atom. The van der Waals surface area contributed by atoms with Gasteiger partial charge in [0, 0.05) is 59.4 Å². The molecule has 3 aromatic heterocycles. The Kier molecular flexibility index (Phi) is 6.50. The molecule has 1 N–H and O–H groups in total. The number of benzene rings is 1. The summed E-state index contributed by atoms with van der Waals surface area (Å²) in [7, 11) is 0. The standard InChI is InChI=1S/C29H24N6O/c1-19-5-6-24(34-20(2)21-7-10-32-27(14-21)29(3,4)18-31)15-26(19)23-13-22(16-30)28(33-17-23)35-11-8-25(36)9-12-35/h5-15,17,34H,2H2,1,3-4H3. The molecule has 4 rings (SSSR count). The van der Waals surface area contributed by atoms with Gasteiger partial charge in [-0.1, -0.05) is 12.6 Å². The second-order valence-corrected chi connectivity index (χ2v) is 8.95. The molecule has 0 bridgehead atoms. The van der Waals surface area contributed by atoms with Crippen molar-refractivity contribution in [2.24, 2.45) is 0 Å². The van der Waals surface area contributed by atoms with E-state index in [4.69, 9.17) is 0 Å². The number of hydrogen-bond donors (Lipinski definition) is 1. The molecule has 7 nitrogen and oxygen atoms in total. The van der Waals surface area contributed by atoms with E-state index in [1.807, 2.05) is 51.1 Å². The van der Waals surface area contributed by atoms with E-state index in [-0.39, 0.29) is 5.43 Å². The summed E-state index contributed by atoms with van der Waals surface area (Å²) in [5, 5.41) is 22.5. The van der Waals surface area contributed by atoms with E-state index in [9.17, 15) is 15.3 Å². The molecule has 0 aliphatic carbocycles. The van der Waals surface area contributed by atoms with Crippen molar-refractivity contribution in [1.29, 1.82) is 10.5 Å². The van der Waals surface area contributed by atoms with Crippen LogP contribution in [0.2, 0.25) is 0 Å². The Morgan fingerprint density at radius 3 is 2.50 bits per heavy atom. The summed E-state index contributed by atoms with van der Waals surface area (Å²) in [6.07, 6.45) is 6.58. The van der Waals surface area contributed by atoms with Gasteiger partial charge in [0.2, 0.25) is 0 Å². The summed E-state index contributed by atoms with van der Waals surface area (Å²) in [6.45, 7) is 9.82. The fourth-order valence-corrected chi connectivity index (χ4v) is 3.72. The lowest BCUT2D eigenvalue weighted by atomic mass is 9.90. The van der Waals surface area contributed by atoms with E-state index in [0.717, 1.165) is 27.9 Å². The average molecular weight is 473 g/mol. The van der Waals surface area contributed by atoms with E-state index in [1.54, 1.807) is 35.4 Å². The topological polar surface area (TPSA) is 107 Å². The quantitative estimate of drug-likeness (QED) is 0.405. The maximum absolute atomic E-state index is 11.4. The molecule has 36 heavy (non-hydrogen) atoms. The lowest BCUT2D eigenvalue weighted by molar-refractivity contribution is 0.659. The lowest BCUT2D eigenvalue weighted by Gasteiger charge is -2.17. The Balaban J connectivity index is 1.65. The molecule has 0 saturated heterocycles. The van der Waals surface area contributed by atoms with Crippen molar-refractivity contribution >= 4 is 11.4 Å². The second kappa shape index (κ2) is 9.69. The number of nitrogens with zero attached hydrogens (tertiary/aromatic N) is 5. The van der Waals surface area contributed by atoms with Crippen LogP contribution in [0.4, 0.5) is 5.69 Å². The van der Waals surface area contributed by atoms with Gasteiger partial charge in [0.15, 0.2) is 11.2 Å². The summed E-state index contributed by atoms with van der Waals surface area (Å²) >= 11 is 0. The number of aryl methyl sites for hydroxylation is 1. The fraction of sp³-hybridized carbons (Fsp3) is 0.138. The molecule has 4 aromatic rings. The number of rotatable bonds is 6. The number of anilines is 1. The van der Waals surface area contributed by atoms with Gasteiger partial charge < -0.3 is 9.88 Å². The SMILES string of the molecule is C=C(Nc1ccc(C)c(-c2cnc(-n3ccc(=O)cc3)c(C#N)c2)c1)c1ccnc(C(C)(C)C#N)c1. The largest absolute Gasteiger partial charge is 0.356 e. The molecule has 0 radical (unpaired) electrons. The van der Waals surface area contributed by atoms with Crippen LogP contribution in [-0.2, 0) is 5.41 Å². The second-order valence-electron chi connectivity index (χ2n) is 8.95. The van der Waals surface area contributed by atoms with Crippen molar-refractivity contribution < 1.29 is 0 Å². The molecule has 0 saturated carbocycles.